The molecule has 18 heteroatoms. The molecule has 0 unspecified atom stereocenters. The van der Waals surface area contributed by atoms with Crippen LogP contribution in [-0.4, -0.2) is 93.8 Å². The van der Waals surface area contributed by atoms with Gasteiger partial charge in [0.1, 0.15) is 18.0 Å². The largest absolute Gasteiger partial charge is 0.461 e. The van der Waals surface area contributed by atoms with Crippen molar-refractivity contribution in [3.8, 4) is 12.0 Å². The molecule has 0 bridgehead atoms. The van der Waals surface area contributed by atoms with Gasteiger partial charge < -0.3 is 24.3 Å². The number of imidazole rings is 2. The molecular formula is C37H47FN6O8S3. The Kier molecular flexibility index (Phi) is 12.4. The fourth-order valence-electron chi connectivity index (χ4n) is 6.60. The molecule has 0 spiro atoms. The fourth-order valence-corrected chi connectivity index (χ4v) is 9.32. The molecule has 14 nitrogen and oxygen atoms in total. The molecule has 2 aromatic heterocycles. The lowest BCUT2D eigenvalue weighted by atomic mass is 9.94. The summed E-state index contributed by atoms with van der Waals surface area (Å²) in [5.41, 5.74) is 3.59. The van der Waals surface area contributed by atoms with Gasteiger partial charge in [0.15, 0.2) is 19.7 Å². The normalized spacial score (nSPS) is 18.6. The number of rotatable bonds is 12. The minimum atomic E-state index is -3.28. The van der Waals surface area contributed by atoms with E-state index in [9.17, 15) is 29.6 Å². The molecule has 2 fully saturated rings. The topological polar surface area (TPSA) is 194 Å². The second-order valence-electron chi connectivity index (χ2n) is 13.6. The van der Waals surface area contributed by atoms with Crippen molar-refractivity contribution in [1.82, 2.24) is 24.7 Å². The number of benzene rings is 3. The van der Waals surface area contributed by atoms with Crippen molar-refractivity contribution in [1.29, 1.82) is 0 Å². The van der Waals surface area contributed by atoms with Crippen molar-refractivity contribution in [3.63, 3.8) is 0 Å². The maximum Gasteiger partial charge on any atom is 0.294 e. The van der Waals surface area contributed by atoms with E-state index in [1.54, 1.807) is 69.3 Å². The highest BCUT2D eigenvalue weighted by atomic mass is 32.2. The van der Waals surface area contributed by atoms with E-state index in [2.05, 4.69) is 29.6 Å². The van der Waals surface area contributed by atoms with Gasteiger partial charge in [-0.2, -0.15) is 9.97 Å². The number of fused-ring (bicyclic) bond motifs is 2. The van der Waals surface area contributed by atoms with Gasteiger partial charge in [0.05, 0.1) is 49.1 Å². The average molecular weight is 819 g/mol. The Morgan fingerprint density at radius 1 is 0.673 bits per heavy atom. The Hall–Kier alpha value is -4.26. The highest BCUT2D eigenvalue weighted by Crippen LogP contribution is 2.27. The van der Waals surface area contributed by atoms with Crippen LogP contribution in [0.5, 0.6) is 12.0 Å². The van der Waals surface area contributed by atoms with Crippen molar-refractivity contribution in [2.24, 2.45) is 0 Å². The monoisotopic (exact) mass is 818 g/mol. The molecule has 3 N–H and O–H groups in total. The van der Waals surface area contributed by atoms with Crippen LogP contribution in [0.15, 0.2) is 70.5 Å². The van der Waals surface area contributed by atoms with Crippen LogP contribution in [0, 0.1) is 5.82 Å². The molecule has 298 valence electrons. The van der Waals surface area contributed by atoms with Crippen LogP contribution in [0.3, 0.4) is 0 Å². The fraction of sp³-hybridized carbons (Fsp3) is 0.459. The molecule has 5 aromatic rings. The van der Waals surface area contributed by atoms with Crippen LogP contribution in [0.1, 0.15) is 59.3 Å². The molecule has 1 aliphatic carbocycles. The molecule has 7 rings (SSSR count). The van der Waals surface area contributed by atoms with E-state index in [-0.39, 0.29) is 51.1 Å². The number of hydrogen-bond acceptors (Lipinski definition) is 11. The van der Waals surface area contributed by atoms with E-state index in [4.69, 9.17) is 9.47 Å². The van der Waals surface area contributed by atoms with Gasteiger partial charge in [-0.15, -0.1) is 0 Å². The Balaban J connectivity index is 0.000000187. The van der Waals surface area contributed by atoms with Crippen molar-refractivity contribution in [2.45, 2.75) is 87.3 Å². The van der Waals surface area contributed by atoms with Gasteiger partial charge in [0, 0.05) is 37.7 Å². The van der Waals surface area contributed by atoms with Gasteiger partial charge in [-0.3, -0.25) is 0 Å². The summed E-state index contributed by atoms with van der Waals surface area (Å²) in [6.45, 7) is 6.48. The highest BCUT2D eigenvalue weighted by Gasteiger charge is 2.26. The molecule has 1 saturated carbocycles. The number of ether oxygens (including phenoxy) is 2. The molecule has 1 aliphatic heterocycles. The highest BCUT2D eigenvalue weighted by molar-refractivity contribution is 7.91. The minimum Gasteiger partial charge on any atom is -0.461 e. The Morgan fingerprint density at radius 2 is 1.15 bits per heavy atom. The summed E-state index contributed by atoms with van der Waals surface area (Å²) >= 11 is 0. The lowest BCUT2D eigenvalue weighted by Crippen LogP contribution is -2.40. The predicted octanol–water partition coefficient (Wildman–Crippen LogP) is 5.53. The molecule has 2 aliphatic rings. The molecule has 0 radical (unpaired) electrons. The number of nitrogens with zero attached hydrogens (tertiary/aromatic N) is 3. The number of halogens is 1. The maximum atomic E-state index is 13.1. The zero-order valence-corrected chi connectivity index (χ0v) is 33.4. The van der Waals surface area contributed by atoms with Crippen molar-refractivity contribution < 1.29 is 39.1 Å². The molecule has 1 saturated heterocycles. The van der Waals surface area contributed by atoms with Crippen LogP contribution in [0.25, 0.3) is 22.1 Å². The van der Waals surface area contributed by atoms with Crippen LogP contribution in [0.2, 0.25) is 0 Å². The summed E-state index contributed by atoms with van der Waals surface area (Å²) in [6, 6.07) is 16.9. The standard InChI is InChI=1S/C20H22FN3O3S.C17H25N3O5S2/c1-2-28(25,26)17-7-8-18-19(13-17)23-20(22-18)27-16-9-11-24(12-10-16)15-5-3-14(21)4-6-15;1-3-26(21,22)14-9-10-15-16(11-14)19-17(18-15)25-13-7-5-12(6-8-13)20-27(23,24)4-2/h3-8,13,16H,2,9-12H2,1H3,(H,22,23);9-13,20H,3-8H2,1-2H3,(H,18,19). The summed E-state index contributed by atoms with van der Waals surface area (Å²) in [5, 5.41) is 0. The van der Waals surface area contributed by atoms with E-state index in [0.717, 1.165) is 44.5 Å². The third kappa shape index (κ3) is 10.1. The summed E-state index contributed by atoms with van der Waals surface area (Å²) in [5.74, 6) is -0.0521. The number of H-pyrrole nitrogens is 2. The molecule has 3 aromatic carbocycles. The summed E-state index contributed by atoms with van der Waals surface area (Å²) in [7, 11) is -9.73. The van der Waals surface area contributed by atoms with Gasteiger partial charge in [-0.25, -0.2) is 34.4 Å². The number of anilines is 1. The smallest absolute Gasteiger partial charge is 0.294 e. The zero-order valence-electron chi connectivity index (χ0n) is 31.0. The lowest BCUT2D eigenvalue weighted by molar-refractivity contribution is 0.134. The molecule has 55 heavy (non-hydrogen) atoms. The average Bonchev–Trinajstić information content (AvgIpc) is 3.78. The number of aromatic nitrogens is 4. The summed E-state index contributed by atoms with van der Waals surface area (Å²) in [6.07, 6.45) is 4.50. The van der Waals surface area contributed by atoms with E-state index in [1.807, 2.05) is 0 Å². The maximum absolute atomic E-state index is 13.1. The van der Waals surface area contributed by atoms with Crippen molar-refractivity contribution in [3.05, 3.63) is 66.5 Å². The van der Waals surface area contributed by atoms with Gasteiger partial charge in [-0.1, -0.05) is 13.8 Å². The number of piperidine rings is 1. The Morgan fingerprint density at radius 3 is 1.60 bits per heavy atom. The van der Waals surface area contributed by atoms with Crippen LogP contribution >= 0.6 is 0 Å². The van der Waals surface area contributed by atoms with Gasteiger partial charge >= 0.3 is 0 Å². The number of nitrogens with one attached hydrogen (secondary N) is 3. The Bertz CT molecular complexity index is 2420. The third-order valence-corrected chi connectivity index (χ3v) is 14.8. The molecular weight excluding hydrogens is 772 g/mol. The lowest BCUT2D eigenvalue weighted by Gasteiger charge is -2.33. The van der Waals surface area contributed by atoms with E-state index in [1.165, 1.54) is 12.1 Å². The number of aromatic amines is 2. The minimum absolute atomic E-state index is 0.0242. The quantitative estimate of drug-likeness (QED) is 0.143. The Labute approximate surface area is 321 Å². The van der Waals surface area contributed by atoms with Gasteiger partial charge in [0.2, 0.25) is 10.0 Å². The molecule has 0 amide bonds. The van der Waals surface area contributed by atoms with Crippen LogP contribution in [-0.2, 0) is 29.7 Å². The first-order valence-corrected chi connectivity index (χ1v) is 23.4. The van der Waals surface area contributed by atoms with Gasteiger partial charge in [-0.05, 0) is 93.3 Å². The second kappa shape index (κ2) is 16.9. The summed E-state index contributed by atoms with van der Waals surface area (Å²) in [4.78, 5) is 17.6. The second-order valence-corrected chi connectivity index (χ2v) is 20.2. The SMILES string of the molecule is CCS(=O)(=O)NC1CCC(Oc2nc3ccc(S(=O)(=O)CC)cc3[nH]2)CC1.CCS(=O)(=O)c1ccc2nc(OC3CCN(c4ccc(F)cc4)CC3)[nH]c2c1. The van der Waals surface area contributed by atoms with Crippen LogP contribution < -0.4 is 19.1 Å². The van der Waals surface area contributed by atoms with Crippen LogP contribution in [0.4, 0.5) is 10.1 Å². The zero-order chi connectivity index (χ0) is 39.4. The number of hydrogen-bond donors (Lipinski definition) is 3. The first-order valence-electron chi connectivity index (χ1n) is 18.5. The number of sulfonamides is 1. The van der Waals surface area contributed by atoms with Crippen molar-refractivity contribution >= 4 is 57.5 Å². The molecule has 3 heterocycles. The van der Waals surface area contributed by atoms with E-state index in [0.29, 0.717) is 46.9 Å². The first-order chi connectivity index (χ1) is 26.2. The predicted molar refractivity (Wildman–Crippen MR) is 209 cm³/mol. The number of sulfone groups is 2. The van der Waals surface area contributed by atoms with E-state index < -0.39 is 29.7 Å². The van der Waals surface area contributed by atoms with Gasteiger partial charge in [0.25, 0.3) is 12.0 Å². The molecule has 0 atom stereocenters. The van der Waals surface area contributed by atoms with Crippen molar-refractivity contribution in [2.75, 3.05) is 35.2 Å². The summed E-state index contributed by atoms with van der Waals surface area (Å²) < 4.78 is 99.1. The first kappa shape index (κ1) is 40.4. The third-order valence-electron chi connectivity index (χ3n) is 9.93. The van der Waals surface area contributed by atoms with E-state index >= 15 is 0 Å².